The molecule has 0 spiro atoms. The van der Waals surface area contributed by atoms with E-state index in [0.29, 0.717) is 18.5 Å². The van der Waals surface area contributed by atoms with Crippen LogP contribution in [0, 0.1) is 0 Å². The first-order chi connectivity index (χ1) is 18.3. The zero-order valence-electron chi connectivity index (χ0n) is 21.5. The predicted molar refractivity (Wildman–Crippen MR) is 142 cm³/mol. The van der Waals surface area contributed by atoms with Crippen molar-refractivity contribution in [3.63, 3.8) is 0 Å². The normalized spacial score (nSPS) is 12.5. The van der Waals surface area contributed by atoms with Crippen molar-refractivity contribution in [3.8, 4) is 0 Å². The highest BCUT2D eigenvalue weighted by molar-refractivity contribution is 7.90. The summed E-state index contributed by atoms with van der Waals surface area (Å²) >= 11 is 0. The average Bonchev–Trinajstić information content (AvgIpc) is 2.89. The molecule has 0 unspecified atom stereocenters. The number of amides is 2. The Hall–Kier alpha value is -3.70. The van der Waals surface area contributed by atoms with Crippen molar-refractivity contribution in [2.45, 2.75) is 37.0 Å². The van der Waals surface area contributed by atoms with Crippen LogP contribution in [-0.4, -0.2) is 39.6 Å². The Morgan fingerprint density at radius 3 is 2.18 bits per heavy atom. The van der Waals surface area contributed by atoms with Crippen LogP contribution >= 0.6 is 0 Å². The third kappa shape index (κ3) is 8.93. The molecule has 0 radical (unpaired) electrons. The van der Waals surface area contributed by atoms with E-state index >= 15 is 0 Å². The molecule has 3 N–H and O–H groups in total. The first-order valence-electron chi connectivity index (χ1n) is 12.2. The van der Waals surface area contributed by atoms with Gasteiger partial charge in [0, 0.05) is 30.5 Å². The van der Waals surface area contributed by atoms with Crippen molar-refractivity contribution >= 4 is 21.7 Å². The van der Waals surface area contributed by atoms with E-state index in [1.165, 1.54) is 24.3 Å². The van der Waals surface area contributed by atoms with Gasteiger partial charge in [0.2, 0.25) is 0 Å². The van der Waals surface area contributed by atoms with Gasteiger partial charge in [0.25, 0.3) is 11.8 Å². The van der Waals surface area contributed by atoms with Crippen LogP contribution in [0.4, 0.5) is 13.2 Å². The van der Waals surface area contributed by atoms with Crippen LogP contribution in [0.1, 0.15) is 56.8 Å². The lowest BCUT2D eigenvalue weighted by atomic mass is 10.1. The lowest BCUT2D eigenvalue weighted by molar-refractivity contribution is -0.137. The van der Waals surface area contributed by atoms with Gasteiger partial charge in [0.1, 0.15) is 0 Å². The van der Waals surface area contributed by atoms with E-state index in [1.54, 1.807) is 13.0 Å². The fourth-order valence-electron chi connectivity index (χ4n) is 3.79. The highest BCUT2D eigenvalue weighted by Crippen LogP contribution is 2.29. The first-order valence-corrected chi connectivity index (χ1v) is 14.1. The smallest absolute Gasteiger partial charge is 0.352 e. The van der Waals surface area contributed by atoms with E-state index in [-0.39, 0.29) is 35.2 Å². The third-order valence-corrected chi connectivity index (χ3v) is 7.00. The zero-order valence-corrected chi connectivity index (χ0v) is 22.3. The SMILES string of the molecule is C[C@@H](NC(=O)c1cc(C(=O)NCCCNCc2cccc(C(F)(F)F)c2)cc(S(C)(=O)=O)c1)c1ccccc1. The largest absolute Gasteiger partial charge is 0.416 e. The van der Waals surface area contributed by atoms with E-state index in [2.05, 4.69) is 16.0 Å². The van der Waals surface area contributed by atoms with Crippen LogP contribution in [0.5, 0.6) is 0 Å². The van der Waals surface area contributed by atoms with Crippen LogP contribution < -0.4 is 16.0 Å². The number of alkyl halides is 3. The summed E-state index contributed by atoms with van der Waals surface area (Å²) in [6.07, 6.45) is -2.94. The summed E-state index contributed by atoms with van der Waals surface area (Å²) in [5, 5.41) is 8.52. The molecule has 3 aromatic rings. The van der Waals surface area contributed by atoms with Gasteiger partial charge >= 0.3 is 6.18 Å². The lowest BCUT2D eigenvalue weighted by Gasteiger charge is -2.15. The second kappa shape index (κ2) is 12.9. The Kier molecular flexibility index (Phi) is 9.87. The van der Waals surface area contributed by atoms with Gasteiger partial charge in [-0.15, -0.1) is 0 Å². The maximum absolute atomic E-state index is 12.9. The van der Waals surface area contributed by atoms with Crippen molar-refractivity contribution in [2.24, 2.45) is 0 Å². The molecule has 0 bridgehead atoms. The molecule has 3 rings (SSSR count). The summed E-state index contributed by atoms with van der Waals surface area (Å²) in [6.45, 7) is 2.67. The second-order valence-corrected chi connectivity index (χ2v) is 11.1. The standard InChI is InChI=1S/C28H30F3N3O4S/c1-19(21-9-4-3-5-10-21)34-27(36)23-15-22(16-25(17-23)39(2,37)38)26(35)33-13-7-12-32-18-20-8-6-11-24(14-20)28(29,30)31/h3-6,8-11,14-17,19,32H,7,12-13,18H2,1-2H3,(H,33,35)(H,34,36)/t19-/m1/s1. The van der Waals surface area contributed by atoms with Gasteiger partial charge in [0.15, 0.2) is 9.84 Å². The first kappa shape index (κ1) is 29.9. The number of hydrogen-bond acceptors (Lipinski definition) is 5. The molecule has 2 amide bonds. The minimum atomic E-state index is -4.41. The van der Waals surface area contributed by atoms with Gasteiger partial charge in [-0.3, -0.25) is 9.59 Å². The molecule has 0 saturated heterocycles. The molecule has 0 heterocycles. The number of halogens is 3. The van der Waals surface area contributed by atoms with Crippen molar-refractivity contribution < 1.29 is 31.2 Å². The molecule has 11 heteroatoms. The summed E-state index contributed by atoms with van der Waals surface area (Å²) < 4.78 is 63.0. The minimum absolute atomic E-state index is 0.0207. The Labute approximate surface area is 225 Å². The van der Waals surface area contributed by atoms with Crippen LogP contribution in [0.25, 0.3) is 0 Å². The summed E-state index contributed by atoms with van der Waals surface area (Å²) in [6, 6.07) is 17.7. The Morgan fingerprint density at radius 1 is 0.872 bits per heavy atom. The van der Waals surface area contributed by atoms with E-state index in [0.717, 1.165) is 24.0 Å². The molecule has 39 heavy (non-hydrogen) atoms. The molecule has 0 aliphatic carbocycles. The van der Waals surface area contributed by atoms with Gasteiger partial charge < -0.3 is 16.0 Å². The van der Waals surface area contributed by atoms with Crippen molar-refractivity contribution in [2.75, 3.05) is 19.3 Å². The summed E-state index contributed by atoms with van der Waals surface area (Å²) in [4.78, 5) is 25.5. The number of carbonyl (C=O) groups excluding carboxylic acids is 2. The van der Waals surface area contributed by atoms with Crippen LogP contribution in [0.2, 0.25) is 0 Å². The fourth-order valence-corrected chi connectivity index (χ4v) is 4.47. The van der Waals surface area contributed by atoms with E-state index in [9.17, 15) is 31.2 Å². The minimum Gasteiger partial charge on any atom is -0.352 e. The Bertz CT molecular complexity index is 1410. The number of rotatable bonds is 11. The van der Waals surface area contributed by atoms with Gasteiger partial charge in [-0.25, -0.2) is 8.42 Å². The summed E-state index contributed by atoms with van der Waals surface area (Å²) in [7, 11) is -3.71. The van der Waals surface area contributed by atoms with E-state index in [4.69, 9.17) is 0 Å². The molecule has 3 aromatic carbocycles. The van der Waals surface area contributed by atoms with E-state index < -0.39 is 33.4 Å². The zero-order chi connectivity index (χ0) is 28.6. The molecule has 0 saturated carbocycles. The Balaban J connectivity index is 1.58. The van der Waals surface area contributed by atoms with E-state index in [1.807, 2.05) is 30.3 Å². The number of hydrogen-bond donors (Lipinski definition) is 3. The molecular weight excluding hydrogens is 531 g/mol. The lowest BCUT2D eigenvalue weighted by Crippen LogP contribution is -2.29. The number of benzene rings is 3. The van der Waals surface area contributed by atoms with Crippen LogP contribution in [0.3, 0.4) is 0 Å². The summed E-state index contributed by atoms with van der Waals surface area (Å²) in [5.41, 5.74) is 0.692. The number of carbonyl (C=O) groups is 2. The van der Waals surface area contributed by atoms with Gasteiger partial charge in [-0.2, -0.15) is 13.2 Å². The van der Waals surface area contributed by atoms with Crippen molar-refractivity contribution in [1.29, 1.82) is 0 Å². The highest BCUT2D eigenvalue weighted by atomic mass is 32.2. The molecule has 7 nitrogen and oxygen atoms in total. The van der Waals surface area contributed by atoms with Gasteiger partial charge in [0.05, 0.1) is 16.5 Å². The molecule has 0 aliphatic heterocycles. The quantitative estimate of drug-likeness (QED) is 0.299. The molecule has 208 valence electrons. The van der Waals surface area contributed by atoms with Crippen LogP contribution in [0.15, 0.2) is 77.7 Å². The van der Waals surface area contributed by atoms with Crippen molar-refractivity contribution in [3.05, 3.63) is 101 Å². The van der Waals surface area contributed by atoms with Gasteiger partial charge in [-0.1, -0.05) is 48.5 Å². The maximum Gasteiger partial charge on any atom is 0.416 e. The fraction of sp³-hybridized carbons (Fsp3) is 0.286. The highest BCUT2D eigenvalue weighted by Gasteiger charge is 2.30. The second-order valence-electron chi connectivity index (χ2n) is 9.11. The monoisotopic (exact) mass is 561 g/mol. The van der Waals surface area contributed by atoms with Gasteiger partial charge in [-0.05, 0) is 55.3 Å². The molecule has 1 atom stereocenters. The Morgan fingerprint density at radius 2 is 1.54 bits per heavy atom. The van der Waals surface area contributed by atoms with Crippen molar-refractivity contribution in [1.82, 2.24) is 16.0 Å². The molecule has 0 fully saturated rings. The molecular formula is C28H30F3N3O4S. The third-order valence-electron chi connectivity index (χ3n) is 5.91. The predicted octanol–water partition coefficient (Wildman–Crippen LogP) is 4.51. The molecule has 0 aliphatic rings. The van der Waals surface area contributed by atoms with Crippen LogP contribution in [-0.2, 0) is 22.6 Å². The summed E-state index contributed by atoms with van der Waals surface area (Å²) in [5.74, 6) is -1.08. The topological polar surface area (TPSA) is 104 Å². The number of sulfone groups is 1. The number of nitrogens with one attached hydrogen (secondary N) is 3. The molecule has 0 aromatic heterocycles. The average molecular weight is 562 g/mol. The maximum atomic E-state index is 12.9.